The van der Waals surface area contributed by atoms with Crippen LogP contribution < -0.4 is 0 Å². The number of hydrogen-bond acceptors (Lipinski definition) is 2. The summed E-state index contributed by atoms with van der Waals surface area (Å²) in [5.41, 5.74) is 0. The summed E-state index contributed by atoms with van der Waals surface area (Å²) in [6.07, 6.45) is 3.67. The fourth-order valence-corrected chi connectivity index (χ4v) is 1.77. The lowest BCUT2D eigenvalue weighted by atomic mass is 10.3. The molecule has 1 N–H and O–H groups in total. The van der Waals surface area contributed by atoms with Crippen molar-refractivity contribution < 1.29 is 9.67 Å². The fourth-order valence-electron chi connectivity index (χ4n) is 0.781. The van der Waals surface area contributed by atoms with Gasteiger partial charge in [-0.25, -0.2) is 0 Å². The molecule has 3 heteroatoms. The molecule has 2 nitrogen and oxygen atoms in total. The summed E-state index contributed by atoms with van der Waals surface area (Å²) in [6.45, 7) is 3.88. The van der Waals surface area contributed by atoms with Gasteiger partial charge in [-0.05, 0) is 26.2 Å². The van der Waals surface area contributed by atoms with Crippen molar-refractivity contribution in [1.82, 2.24) is 0 Å². The van der Waals surface area contributed by atoms with E-state index in [0.29, 0.717) is 0 Å². The molecule has 0 saturated heterocycles. The van der Waals surface area contributed by atoms with Gasteiger partial charge in [0.1, 0.15) is 0 Å². The van der Waals surface area contributed by atoms with Crippen LogP contribution in [0.25, 0.3) is 0 Å². The number of hydrogen-bond donors (Lipinski definition) is 1. The minimum absolute atomic E-state index is 0.262. The second-order valence-corrected chi connectivity index (χ2v) is 6.68. The molecule has 0 aliphatic carbocycles. The molecule has 0 atom stereocenters. The van der Waals surface area contributed by atoms with Crippen LogP contribution in [0.4, 0.5) is 0 Å². The van der Waals surface area contributed by atoms with Gasteiger partial charge in [0, 0.05) is 12.8 Å². The molecule has 0 amide bonds. The molecule has 0 fully saturated rings. The lowest BCUT2D eigenvalue weighted by Crippen LogP contribution is -1.88. The first-order valence-corrected chi connectivity index (χ1v) is 6.50. The van der Waals surface area contributed by atoms with Gasteiger partial charge in [-0.1, -0.05) is 6.42 Å². The third kappa shape index (κ3) is 8.19. The van der Waals surface area contributed by atoms with Gasteiger partial charge < -0.3 is 9.67 Å². The van der Waals surface area contributed by atoms with E-state index >= 15 is 0 Å². The smallest absolute Gasteiger partial charge is 0.0819 e. The summed E-state index contributed by atoms with van der Waals surface area (Å²) in [5.74, 6) is 0. The number of aliphatic hydroxyl groups is 1. The van der Waals surface area contributed by atoms with Gasteiger partial charge >= 0.3 is 0 Å². The molecule has 0 heterocycles. The van der Waals surface area contributed by atoms with E-state index in [0.717, 1.165) is 25.4 Å². The second kappa shape index (κ2) is 4.92. The monoisotopic (exact) mass is 164 g/mol. The molecule has 0 spiro atoms. The van der Waals surface area contributed by atoms with Crippen molar-refractivity contribution in [1.29, 1.82) is 0 Å². The highest BCUT2D eigenvalue weighted by molar-refractivity contribution is 7.62. The van der Waals surface area contributed by atoms with E-state index in [4.69, 9.17) is 5.11 Å². The zero-order valence-electron chi connectivity index (χ0n) is 6.84. The van der Waals surface area contributed by atoms with E-state index in [1.165, 1.54) is 0 Å². The topological polar surface area (TPSA) is 37.3 Å². The van der Waals surface area contributed by atoms with Gasteiger partial charge in [0.2, 0.25) is 0 Å². The van der Waals surface area contributed by atoms with Crippen molar-refractivity contribution in [2.75, 3.05) is 26.1 Å². The lowest BCUT2D eigenvalue weighted by Gasteiger charge is -2.04. The summed E-state index contributed by atoms with van der Waals surface area (Å²) in [5, 5.41) is 8.43. The SMILES string of the molecule is CP(C)(=O)CCCCCO. The minimum Gasteiger partial charge on any atom is -0.396 e. The van der Waals surface area contributed by atoms with Crippen molar-refractivity contribution in [2.24, 2.45) is 0 Å². The Hall–Kier alpha value is 0.190. The van der Waals surface area contributed by atoms with Gasteiger partial charge in [-0.2, -0.15) is 0 Å². The second-order valence-electron chi connectivity index (χ2n) is 3.08. The van der Waals surface area contributed by atoms with Gasteiger partial charge in [-0.15, -0.1) is 0 Å². The Morgan fingerprint density at radius 3 is 2.20 bits per heavy atom. The number of rotatable bonds is 5. The van der Waals surface area contributed by atoms with Crippen molar-refractivity contribution >= 4 is 7.14 Å². The lowest BCUT2D eigenvalue weighted by molar-refractivity contribution is 0.284. The molecule has 0 aromatic heterocycles. The molecule has 10 heavy (non-hydrogen) atoms. The molecule has 62 valence electrons. The largest absolute Gasteiger partial charge is 0.396 e. The molecular weight excluding hydrogens is 147 g/mol. The van der Waals surface area contributed by atoms with Crippen molar-refractivity contribution in [2.45, 2.75) is 19.3 Å². The van der Waals surface area contributed by atoms with Crippen LogP contribution in [0.2, 0.25) is 0 Å². The maximum absolute atomic E-state index is 11.1. The highest BCUT2D eigenvalue weighted by atomic mass is 31.2. The average Bonchev–Trinajstić information content (AvgIpc) is 1.78. The van der Waals surface area contributed by atoms with Crippen LogP contribution in [-0.4, -0.2) is 31.2 Å². The Labute approximate surface area is 63.0 Å². The summed E-state index contributed by atoms with van der Waals surface area (Å²) in [7, 11) is -1.79. The molecule has 0 bridgehead atoms. The van der Waals surface area contributed by atoms with E-state index in [2.05, 4.69) is 0 Å². The van der Waals surface area contributed by atoms with Crippen molar-refractivity contribution in [3.05, 3.63) is 0 Å². The normalized spacial score (nSPS) is 11.9. The zero-order chi connectivity index (χ0) is 8.04. The maximum atomic E-state index is 11.1. The van der Waals surface area contributed by atoms with Crippen molar-refractivity contribution in [3.63, 3.8) is 0 Å². The van der Waals surface area contributed by atoms with Crippen LogP contribution in [0.5, 0.6) is 0 Å². The predicted octanol–water partition coefficient (Wildman–Crippen LogP) is 1.77. The van der Waals surface area contributed by atoms with Gasteiger partial charge in [0.15, 0.2) is 0 Å². The fraction of sp³-hybridized carbons (Fsp3) is 1.00. The summed E-state index contributed by atoms with van der Waals surface area (Å²) >= 11 is 0. The quantitative estimate of drug-likeness (QED) is 0.496. The summed E-state index contributed by atoms with van der Waals surface area (Å²) < 4.78 is 11.1. The first kappa shape index (κ1) is 10.2. The van der Waals surface area contributed by atoms with Crippen LogP contribution in [0, 0.1) is 0 Å². The van der Waals surface area contributed by atoms with E-state index < -0.39 is 7.14 Å². The Kier molecular flexibility index (Phi) is 5.02. The zero-order valence-corrected chi connectivity index (χ0v) is 7.73. The third-order valence-corrected chi connectivity index (χ3v) is 2.75. The van der Waals surface area contributed by atoms with Crippen LogP contribution in [-0.2, 0) is 4.57 Å². The Balaban J connectivity index is 3.13. The molecule has 0 aromatic carbocycles. The van der Waals surface area contributed by atoms with Crippen molar-refractivity contribution in [3.8, 4) is 0 Å². The van der Waals surface area contributed by atoms with E-state index in [9.17, 15) is 4.57 Å². The number of unbranched alkanes of at least 4 members (excludes halogenated alkanes) is 2. The van der Waals surface area contributed by atoms with Gasteiger partial charge in [0.25, 0.3) is 0 Å². The molecule has 0 radical (unpaired) electrons. The summed E-state index contributed by atoms with van der Waals surface area (Å²) in [4.78, 5) is 0. The predicted molar refractivity (Wildman–Crippen MR) is 45.3 cm³/mol. The molecule has 0 unspecified atom stereocenters. The first-order valence-electron chi connectivity index (χ1n) is 3.71. The molecular formula is C7H17O2P. The third-order valence-electron chi connectivity index (χ3n) is 1.35. The van der Waals surface area contributed by atoms with E-state index in [1.54, 1.807) is 0 Å². The highest BCUT2D eigenvalue weighted by Crippen LogP contribution is 2.36. The molecule has 0 rings (SSSR count). The molecule has 0 aliphatic heterocycles. The average molecular weight is 164 g/mol. The van der Waals surface area contributed by atoms with E-state index in [-0.39, 0.29) is 6.61 Å². The molecule has 0 aliphatic rings. The Bertz CT molecular complexity index is 117. The van der Waals surface area contributed by atoms with Crippen LogP contribution in [0.15, 0.2) is 0 Å². The van der Waals surface area contributed by atoms with Crippen LogP contribution in [0.3, 0.4) is 0 Å². The Morgan fingerprint density at radius 2 is 1.80 bits per heavy atom. The standard InChI is InChI=1S/C7H17O2P/c1-10(2,9)7-5-3-4-6-8/h8H,3-7H2,1-2H3. The van der Waals surface area contributed by atoms with Crippen LogP contribution in [0.1, 0.15) is 19.3 Å². The number of aliphatic hydroxyl groups excluding tert-OH is 1. The summed E-state index contributed by atoms with van der Waals surface area (Å²) in [6, 6.07) is 0. The maximum Gasteiger partial charge on any atom is 0.0819 e. The highest BCUT2D eigenvalue weighted by Gasteiger charge is 2.04. The molecule has 0 saturated carbocycles. The van der Waals surface area contributed by atoms with Gasteiger partial charge in [-0.3, -0.25) is 0 Å². The first-order chi connectivity index (χ1) is 4.56. The molecule has 0 aromatic rings. The Morgan fingerprint density at radius 1 is 1.20 bits per heavy atom. The van der Waals surface area contributed by atoms with Crippen LogP contribution >= 0.6 is 7.14 Å². The van der Waals surface area contributed by atoms with E-state index in [1.807, 2.05) is 13.3 Å². The minimum atomic E-state index is -1.79. The van der Waals surface area contributed by atoms with Gasteiger partial charge in [0.05, 0.1) is 7.14 Å².